The van der Waals surface area contributed by atoms with Crippen LogP contribution in [-0.4, -0.2) is 45.0 Å². The molecule has 0 spiro atoms. The second kappa shape index (κ2) is 6.73. The highest BCUT2D eigenvalue weighted by atomic mass is 32.1. The molecule has 0 aliphatic carbocycles. The van der Waals surface area contributed by atoms with Gasteiger partial charge in [-0.3, -0.25) is 4.90 Å². The lowest BCUT2D eigenvalue weighted by Crippen LogP contribution is -2.42. The SMILES string of the molecule is CCn1c(-c2ccccc2)nn(CN2CCOC(C)C2)c1=S. The van der Waals surface area contributed by atoms with Crippen LogP contribution in [0.2, 0.25) is 0 Å². The summed E-state index contributed by atoms with van der Waals surface area (Å²) in [6.45, 7) is 8.36. The van der Waals surface area contributed by atoms with Crippen molar-refractivity contribution < 1.29 is 4.74 Å². The van der Waals surface area contributed by atoms with Gasteiger partial charge in [-0.1, -0.05) is 30.3 Å². The van der Waals surface area contributed by atoms with Crippen LogP contribution < -0.4 is 0 Å². The van der Waals surface area contributed by atoms with E-state index in [1.807, 2.05) is 22.9 Å². The predicted octanol–water partition coefficient (Wildman–Crippen LogP) is 2.78. The molecule has 22 heavy (non-hydrogen) atoms. The molecule has 1 aliphatic heterocycles. The predicted molar refractivity (Wildman–Crippen MR) is 89.1 cm³/mol. The lowest BCUT2D eigenvalue weighted by molar-refractivity contribution is -0.0307. The van der Waals surface area contributed by atoms with E-state index < -0.39 is 0 Å². The molecule has 1 saturated heterocycles. The summed E-state index contributed by atoms with van der Waals surface area (Å²) >= 11 is 5.62. The maximum Gasteiger partial charge on any atom is 0.199 e. The number of hydrogen-bond acceptors (Lipinski definition) is 4. The molecule has 0 saturated carbocycles. The van der Waals surface area contributed by atoms with Crippen LogP contribution in [0.1, 0.15) is 13.8 Å². The number of benzene rings is 1. The largest absolute Gasteiger partial charge is 0.376 e. The number of rotatable bonds is 4. The molecule has 1 atom stereocenters. The van der Waals surface area contributed by atoms with Crippen molar-refractivity contribution in [3.8, 4) is 11.4 Å². The molecule has 1 fully saturated rings. The topological polar surface area (TPSA) is 35.2 Å². The summed E-state index contributed by atoms with van der Waals surface area (Å²) in [6, 6.07) is 10.2. The first-order valence-electron chi connectivity index (χ1n) is 7.76. The highest BCUT2D eigenvalue weighted by molar-refractivity contribution is 7.71. The summed E-state index contributed by atoms with van der Waals surface area (Å²) in [6.07, 6.45) is 0.268. The number of aromatic nitrogens is 3. The van der Waals surface area contributed by atoms with Crippen LogP contribution in [0.25, 0.3) is 11.4 Å². The molecule has 2 heterocycles. The summed E-state index contributed by atoms with van der Waals surface area (Å²) in [4.78, 5) is 2.34. The zero-order valence-corrected chi connectivity index (χ0v) is 13.9. The Bertz CT molecular complexity index is 679. The van der Waals surface area contributed by atoms with Crippen molar-refractivity contribution in [3.63, 3.8) is 0 Å². The number of morpholine rings is 1. The van der Waals surface area contributed by atoms with Gasteiger partial charge in [-0.2, -0.15) is 5.10 Å². The van der Waals surface area contributed by atoms with Gasteiger partial charge in [0.25, 0.3) is 0 Å². The Kier molecular flexibility index (Phi) is 4.71. The Hall–Kier alpha value is -1.50. The van der Waals surface area contributed by atoms with E-state index >= 15 is 0 Å². The normalized spacial score (nSPS) is 19.5. The van der Waals surface area contributed by atoms with Crippen molar-refractivity contribution in [2.75, 3.05) is 19.7 Å². The lowest BCUT2D eigenvalue weighted by atomic mass is 10.2. The van der Waals surface area contributed by atoms with Gasteiger partial charge in [0.15, 0.2) is 10.6 Å². The van der Waals surface area contributed by atoms with Crippen LogP contribution in [0.4, 0.5) is 0 Å². The van der Waals surface area contributed by atoms with E-state index in [9.17, 15) is 0 Å². The fourth-order valence-electron chi connectivity index (χ4n) is 2.83. The zero-order chi connectivity index (χ0) is 15.5. The molecule has 1 aromatic heterocycles. The Morgan fingerprint density at radius 3 is 2.77 bits per heavy atom. The number of nitrogens with zero attached hydrogens (tertiary/aromatic N) is 4. The zero-order valence-electron chi connectivity index (χ0n) is 13.1. The van der Waals surface area contributed by atoms with Crippen LogP contribution in [0.3, 0.4) is 0 Å². The highest BCUT2D eigenvalue weighted by Gasteiger charge is 2.19. The van der Waals surface area contributed by atoms with E-state index in [0.717, 1.165) is 49.1 Å². The third-order valence-corrected chi connectivity index (χ3v) is 4.36. The minimum absolute atomic E-state index is 0.268. The molecule has 6 heteroatoms. The lowest BCUT2D eigenvalue weighted by Gasteiger charge is -2.30. The van der Waals surface area contributed by atoms with Crippen molar-refractivity contribution in [3.05, 3.63) is 35.1 Å². The van der Waals surface area contributed by atoms with Gasteiger partial charge in [-0.25, -0.2) is 4.68 Å². The standard InChI is InChI=1S/C16H22N4OS/c1-3-19-15(14-7-5-4-6-8-14)17-20(16(19)22)12-18-9-10-21-13(2)11-18/h4-8,13H,3,9-12H2,1-2H3. The molecule has 5 nitrogen and oxygen atoms in total. The van der Waals surface area contributed by atoms with E-state index in [1.165, 1.54) is 0 Å². The van der Waals surface area contributed by atoms with E-state index in [0.29, 0.717) is 0 Å². The van der Waals surface area contributed by atoms with Gasteiger partial charge in [-0.05, 0) is 26.1 Å². The first-order valence-corrected chi connectivity index (χ1v) is 8.17. The molecule has 0 N–H and O–H groups in total. The first kappa shape index (κ1) is 15.4. The van der Waals surface area contributed by atoms with Crippen LogP contribution in [0, 0.1) is 4.77 Å². The summed E-state index contributed by atoms with van der Waals surface area (Å²) in [5.41, 5.74) is 1.10. The van der Waals surface area contributed by atoms with E-state index in [4.69, 9.17) is 22.1 Å². The van der Waals surface area contributed by atoms with Gasteiger partial charge >= 0.3 is 0 Å². The molecule has 0 amide bonds. The minimum Gasteiger partial charge on any atom is -0.376 e. The van der Waals surface area contributed by atoms with Gasteiger partial charge < -0.3 is 9.30 Å². The van der Waals surface area contributed by atoms with E-state index in [-0.39, 0.29) is 6.10 Å². The molecule has 0 bridgehead atoms. The van der Waals surface area contributed by atoms with E-state index in [1.54, 1.807) is 0 Å². The van der Waals surface area contributed by atoms with Gasteiger partial charge in [-0.15, -0.1) is 0 Å². The number of ether oxygens (including phenoxy) is 1. The molecule has 1 unspecified atom stereocenters. The van der Waals surface area contributed by atoms with Crippen molar-refractivity contribution >= 4 is 12.2 Å². The Morgan fingerprint density at radius 1 is 1.32 bits per heavy atom. The van der Waals surface area contributed by atoms with Crippen LogP contribution in [0.15, 0.2) is 30.3 Å². The van der Waals surface area contributed by atoms with Gasteiger partial charge in [0, 0.05) is 25.2 Å². The van der Waals surface area contributed by atoms with Crippen LogP contribution >= 0.6 is 12.2 Å². The highest BCUT2D eigenvalue weighted by Crippen LogP contribution is 2.18. The molecular formula is C16H22N4OS. The van der Waals surface area contributed by atoms with Crippen molar-refractivity contribution in [2.24, 2.45) is 0 Å². The maximum atomic E-state index is 5.62. The third kappa shape index (κ3) is 3.14. The molecule has 3 rings (SSSR count). The average Bonchev–Trinajstić information content (AvgIpc) is 2.84. The molecule has 0 radical (unpaired) electrons. The van der Waals surface area contributed by atoms with Crippen LogP contribution in [0.5, 0.6) is 0 Å². The molecule has 118 valence electrons. The smallest absolute Gasteiger partial charge is 0.199 e. The van der Waals surface area contributed by atoms with Crippen molar-refractivity contribution in [1.82, 2.24) is 19.2 Å². The quantitative estimate of drug-likeness (QED) is 0.812. The number of hydrogen-bond donors (Lipinski definition) is 0. The summed E-state index contributed by atoms with van der Waals surface area (Å²) in [5.74, 6) is 0.939. The van der Waals surface area contributed by atoms with Crippen molar-refractivity contribution in [2.45, 2.75) is 33.2 Å². The Labute approximate surface area is 136 Å². The second-order valence-electron chi connectivity index (χ2n) is 5.62. The first-order chi connectivity index (χ1) is 10.7. The molecule has 1 aromatic carbocycles. The second-order valence-corrected chi connectivity index (χ2v) is 5.98. The summed E-state index contributed by atoms with van der Waals surface area (Å²) < 4.78 is 10.4. The van der Waals surface area contributed by atoms with Gasteiger partial charge in [0.2, 0.25) is 0 Å². The minimum atomic E-state index is 0.268. The molecule has 2 aromatic rings. The fourth-order valence-corrected chi connectivity index (χ4v) is 3.14. The molecular weight excluding hydrogens is 296 g/mol. The summed E-state index contributed by atoms with van der Waals surface area (Å²) in [7, 11) is 0. The monoisotopic (exact) mass is 318 g/mol. The Morgan fingerprint density at radius 2 is 2.09 bits per heavy atom. The van der Waals surface area contributed by atoms with Crippen molar-refractivity contribution in [1.29, 1.82) is 0 Å². The van der Waals surface area contributed by atoms with Crippen LogP contribution in [-0.2, 0) is 18.0 Å². The third-order valence-electron chi connectivity index (χ3n) is 3.93. The average molecular weight is 318 g/mol. The van der Waals surface area contributed by atoms with E-state index in [2.05, 4.69) is 35.4 Å². The maximum absolute atomic E-state index is 5.62. The molecule has 1 aliphatic rings. The van der Waals surface area contributed by atoms with Gasteiger partial charge in [0.05, 0.1) is 19.4 Å². The Balaban J connectivity index is 1.89. The fraction of sp³-hybridized carbons (Fsp3) is 0.500. The summed E-state index contributed by atoms with van der Waals surface area (Å²) in [5, 5.41) is 4.76. The van der Waals surface area contributed by atoms with Gasteiger partial charge in [0.1, 0.15) is 0 Å².